The van der Waals surface area contributed by atoms with Gasteiger partial charge in [-0.1, -0.05) is 6.07 Å². The van der Waals surface area contributed by atoms with Gasteiger partial charge in [-0.05, 0) is 61.7 Å². The minimum atomic E-state index is -3.72. The van der Waals surface area contributed by atoms with Crippen molar-refractivity contribution in [3.05, 3.63) is 53.6 Å². The normalized spacial score (nSPS) is 17.1. The number of nitrogens with zero attached hydrogens (tertiary/aromatic N) is 1. The molecule has 0 spiro atoms. The first-order valence-electron chi connectivity index (χ1n) is 9.91. The lowest BCUT2D eigenvalue weighted by Crippen LogP contribution is -2.43. The van der Waals surface area contributed by atoms with Crippen molar-refractivity contribution >= 4 is 27.6 Å². The van der Waals surface area contributed by atoms with E-state index >= 15 is 0 Å². The van der Waals surface area contributed by atoms with Gasteiger partial charge in [-0.3, -0.25) is 4.79 Å². The summed E-state index contributed by atoms with van der Waals surface area (Å²) in [4.78, 5) is 24.9. The molecule has 1 amide bonds. The molecular weight excluding hydrogens is 420 g/mol. The van der Waals surface area contributed by atoms with Crippen molar-refractivity contribution in [2.75, 3.05) is 32.6 Å². The second-order valence-corrected chi connectivity index (χ2v) is 9.27. The number of ether oxygens (including phenoxy) is 2. The fourth-order valence-electron chi connectivity index (χ4n) is 3.61. The largest absolute Gasteiger partial charge is 0.497 e. The van der Waals surface area contributed by atoms with Gasteiger partial charge in [0.15, 0.2) is 0 Å². The molecular formula is C22H26N2O6S. The summed E-state index contributed by atoms with van der Waals surface area (Å²) in [5, 5.41) is 2.84. The van der Waals surface area contributed by atoms with Crippen LogP contribution in [0.1, 0.15) is 28.8 Å². The molecule has 0 radical (unpaired) electrons. The van der Waals surface area contributed by atoms with E-state index in [4.69, 9.17) is 9.47 Å². The van der Waals surface area contributed by atoms with Crippen molar-refractivity contribution in [2.24, 2.45) is 5.92 Å². The highest BCUT2D eigenvalue weighted by atomic mass is 32.2. The Morgan fingerprint density at radius 1 is 1.10 bits per heavy atom. The number of esters is 1. The first-order valence-corrected chi connectivity index (χ1v) is 11.3. The summed E-state index contributed by atoms with van der Waals surface area (Å²) in [5.41, 5.74) is 1.47. The number of rotatable bonds is 6. The second-order valence-electron chi connectivity index (χ2n) is 7.34. The Hall–Kier alpha value is -2.91. The maximum atomic E-state index is 13.0. The molecule has 1 fully saturated rings. The smallest absolute Gasteiger partial charge is 0.338 e. The van der Waals surface area contributed by atoms with E-state index in [0.29, 0.717) is 42.0 Å². The van der Waals surface area contributed by atoms with Crippen molar-refractivity contribution in [3.63, 3.8) is 0 Å². The van der Waals surface area contributed by atoms with Crippen LogP contribution in [-0.2, 0) is 19.6 Å². The summed E-state index contributed by atoms with van der Waals surface area (Å²) in [6.07, 6.45) is 1.16. The van der Waals surface area contributed by atoms with Gasteiger partial charge in [0, 0.05) is 18.8 Å². The van der Waals surface area contributed by atoms with Gasteiger partial charge in [0.05, 0.1) is 30.6 Å². The predicted molar refractivity (Wildman–Crippen MR) is 116 cm³/mol. The van der Waals surface area contributed by atoms with Crippen molar-refractivity contribution in [2.45, 2.75) is 24.7 Å². The molecule has 1 unspecified atom stereocenters. The first kappa shape index (κ1) is 22.8. The molecule has 1 aliphatic heterocycles. The topological polar surface area (TPSA) is 102 Å². The molecule has 166 valence electrons. The molecule has 3 rings (SSSR count). The van der Waals surface area contributed by atoms with Crippen LogP contribution >= 0.6 is 0 Å². The van der Waals surface area contributed by atoms with E-state index in [-0.39, 0.29) is 17.3 Å². The number of piperidine rings is 1. The molecule has 1 N–H and O–H groups in total. The van der Waals surface area contributed by atoms with Crippen LogP contribution in [0.15, 0.2) is 47.4 Å². The molecule has 9 heteroatoms. The van der Waals surface area contributed by atoms with Crippen molar-refractivity contribution in [3.8, 4) is 5.75 Å². The van der Waals surface area contributed by atoms with Crippen LogP contribution in [0, 0.1) is 12.8 Å². The lowest BCUT2D eigenvalue weighted by molar-refractivity contribution is -0.120. The lowest BCUT2D eigenvalue weighted by Gasteiger charge is -2.31. The highest BCUT2D eigenvalue weighted by Gasteiger charge is 2.33. The Balaban J connectivity index is 1.74. The van der Waals surface area contributed by atoms with Crippen LogP contribution in [0.3, 0.4) is 0 Å². The highest BCUT2D eigenvalue weighted by Crippen LogP contribution is 2.27. The Morgan fingerprint density at radius 3 is 2.45 bits per heavy atom. The molecule has 1 aliphatic rings. The number of benzene rings is 2. The molecule has 1 heterocycles. The van der Waals surface area contributed by atoms with Gasteiger partial charge in [0.1, 0.15) is 5.75 Å². The van der Waals surface area contributed by atoms with Gasteiger partial charge in [0.25, 0.3) is 0 Å². The number of methoxy groups -OCH3 is 2. The third-order valence-electron chi connectivity index (χ3n) is 5.45. The minimum Gasteiger partial charge on any atom is -0.497 e. The maximum Gasteiger partial charge on any atom is 0.338 e. The van der Waals surface area contributed by atoms with Crippen LogP contribution < -0.4 is 10.1 Å². The SMILES string of the molecule is COC(=O)c1cccc(NC(=O)C2CCCN(S(=O)(=O)c3ccc(OC)cc3)C2)c1C. The minimum absolute atomic E-state index is 0.0932. The Morgan fingerprint density at radius 2 is 1.81 bits per heavy atom. The summed E-state index contributed by atoms with van der Waals surface area (Å²) < 4.78 is 37.2. The average Bonchev–Trinajstić information content (AvgIpc) is 2.80. The van der Waals surface area contributed by atoms with Gasteiger partial charge in [-0.2, -0.15) is 4.31 Å². The zero-order valence-electron chi connectivity index (χ0n) is 17.8. The molecule has 31 heavy (non-hydrogen) atoms. The Labute approximate surface area is 182 Å². The van der Waals surface area contributed by atoms with Gasteiger partial charge < -0.3 is 14.8 Å². The average molecular weight is 447 g/mol. The zero-order valence-corrected chi connectivity index (χ0v) is 18.6. The predicted octanol–water partition coefficient (Wildman–Crippen LogP) is 2.83. The van der Waals surface area contributed by atoms with Crippen LogP contribution in [0.2, 0.25) is 0 Å². The number of anilines is 1. The zero-order chi connectivity index (χ0) is 22.6. The van der Waals surface area contributed by atoms with Gasteiger partial charge in [-0.15, -0.1) is 0 Å². The molecule has 8 nitrogen and oxygen atoms in total. The van der Waals surface area contributed by atoms with E-state index in [9.17, 15) is 18.0 Å². The number of hydrogen-bond acceptors (Lipinski definition) is 6. The van der Waals surface area contributed by atoms with E-state index in [1.54, 1.807) is 37.3 Å². The number of carbonyl (C=O) groups is 2. The van der Waals surface area contributed by atoms with Gasteiger partial charge in [0.2, 0.25) is 15.9 Å². The fraction of sp³-hybridized carbons (Fsp3) is 0.364. The molecule has 0 bridgehead atoms. The third kappa shape index (κ3) is 4.88. The molecule has 0 aromatic heterocycles. The summed E-state index contributed by atoms with van der Waals surface area (Å²) >= 11 is 0. The van der Waals surface area contributed by atoms with Gasteiger partial charge in [-0.25, -0.2) is 13.2 Å². The van der Waals surface area contributed by atoms with E-state index in [2.05, 4.69) is 5.32 Å². The fourth-order valence-corrected chi connectivity index (χ4v) is 5.13. The number of carbonyl (C=O) groups excluding carboxylic acids is 2. The number of sulfonamides is 1. The summed E-state index contributed by atoms with van der Waals surface area (Å²) in [7, 11) is -0.907. The standard InChI is InChI=1S/C22H26N2O6S/c1-15-19(22(26)30-3)7-4-8-20(15)23-21(25)16-6-5-13-24(14-16)31(27,28)18-11-9-17(29-2)10-12-18/h4,7-12,16H,5-6,13-14H2,1-3H3,(H,23,25). The first-order chi connectivity index (χ1) is 14.8. The van der Waals surface area contributed by atoms with Crippen molar-refractivity contribution in [1.82, 2.24) is 4.31 Å². The Bertz CT molecular complexity index is 1070. The Kier molecular flexibility index (Phi) is 6.97. The summed E-state index contributed by atoms with van der Waals surface area (Å²) in [6.45, 7) is 2.17. The van der Waals surface area contributed by atoms with Crippen molar-refractivity contribution in [1.29, 1.82) is 0 Å². The van der Waals surface area contributed by atoms with Gasteiger partial charge >= 0.3 is 5.97 Å². The van der Waals surface area contributed by atoms with E-state index in [1.807, 2.05) is 0 Å². The molecule has 1 saturated heterocycles. The summed E-state index contributed by atoms with van der Waals surface area (Å²) in [5.74, 6) is -0.690. The third-order valence-corrected chi connectivity index (χ3v) is 7.33. The number of nitrogens with one attached hydrogen (secondary N) is 1. The number of amides is 1. The summed E-state index contributed by atoms with van der Waals surface area (Å²) in [6, 6.07) is 11.2. The van der Waals surface area contributed by atoms with E-state index in [0.717, 1.165) is 0 Å². The number of hydrogen-bond donors (Lipinski definition) is 1. The highest BCUT2D eigenvalue weighted by molar-refractivity contribution is 7.89. The molecule has 1 atom stereocenters. The lowest BCUT2D eigenvalue weighted by atomic mass is 9.98. The molecule has 2 aromatic rings. The molecule has 2 aromatic carbocycles. The van der Waals surface area contributed by atoms with E-state index in [1.165, 1.54) is 30.7 Å². The second kappa shape index (κ2) is 9.49. The van der Waals surface area contributed by atoms with Crippen molar-refractivity contribution < 1.29 is 27.5 Å². The van der Waals surface area contributed by atoms with Crippen LogP contribution in [0.5, 0.6) is 5.75 Å². The van der Waals surface area contributed by atoms with Crippen LogP contribution in [0.25, 0.3) is 0 Å². The van der Waals surface area contributed by atoms with Crippen LogP contribution in [-0.4, -0.2) is 51.9 Å². The van der Waals surface area contributed by atoms with Crippen LogP contribution in [0.4, 0.5) is 5.69 Å². The monoisotopic (exact) mass is 446 g/mol. The molecule has 0 saturated carbocycles. The quantitative estimate of drug-likeness (QED) is 0.685. The van der Waals surface area contributed by atoms with E-state index < -0.39 is 21.9 Å². The maximum absolute atomic E-state index is 13.0. The molecule has 0 aliphatic carbocycles.